The fourth-order valence-electron chi connectivity index (χ4n) is 2.91. The third kappa shape index (κ3) is 3.73. The lowest BCUT2D eigenvalue weighted by molar-refractivity contribution is 0.580. The molecule has 0 unspecified atom stereocenters. The smallest absolute Gasteiger partial charge is 0.227 e. The minimum Gasteiger partial charge on any atom is -0.384 e. The van der Waals surface area contributed by atoms with Gasteiger partial charge < -0.3 is 21.3 Å². The molecular weight excluding hydrogens is 326 g/mol. The van der Waals surface area contributed by atoms with E-state index in [0.717, 1.165) is 54.8 Å². The molecule has 1 fully saturated rings. The Balaban J connectivity index is 1.48. The van der Waals surface area contributed by atoms with E-state index in [-0.39, 0.29) is 0 Å². The summed E-state index contributed by atoms with van der Waals surface area (Å²) < 4.78 is 0. The van der Waals surface area contributed by atoms with E-state index in [1.54, 1.807) is 18.5 Å². The first kappa shape index (κ1) is 16.3. The molecule has 7 heteroatoms. The lowest BCUT2D eigenvalue weighted by Crippen LogP contribution is -2.44. The van der Waals surface area contributed by atoms with Crippen molar-refractivity contribution >= 4 is 23.3 Å². The quantitative estimate of drug-likeness (QED) is 0.667. The number of piperazine rings is 1. The number of nitrogens with one attached hydrogen (secondary N) is 2. The fourth-order valence-corrected chi connectivity index (χ4v) is 2.91. The minimum atomic E-state index is 0.524. The molecule has 0 bridgehead atoms. The van der Waals surface area contributed by atoms with E-state index in [1.165, 1.54) is 0 Å². The van der Waals surface area contributed by atoms with Gasteiger partial charge in [-0.3, -0.25) is 0 Å². The normalized spacial score (nSPS) is 14.2. The molecule has 4 N–H and O–H groups in total. The first-order valence-electron chi connectivity index (χ1n) is 8.66. The Labute approximate surface area is 152 Å². The molecule has 0 spiro atoms. The maximum atomic E-state index is 5.64. The highest BCUT2D eigenvalue weighted by atomic mass is 15.3. The van der Waals surface area contributed by atoms with Crippen molar-refractivity contribution in [2.24, 2.45) is 0 Å². The number of hydrogen-bond acceptors (Lipinski definition) is 7. The third-order valence-electron chi connectivity index (χ3n) is 4.32. The molecule has 0 atom stereocenters. The van der Waals surface area contributed by atoms with Gasteiger partial charge in [-0.2, -0.15) is 4.98 Å². The molecule has 0 aliphatic carbocycles. The molecule has 3 aromatic rings. The van der Waals surface area contributed by atoms with Crippen molar-refractivity contribution in [2.75, 3.05) is 42.1 Å². The van der Waals surface area contributed by atoms with Crippen LogP contribution in [0.15, 0.2) is 54.9 Å². The van der Waals surface area contributed by atoms with Crippen LogP contribution in [0.1, 0.15) is 0 Å². The van der Waals surface area contributed by atoms with Crippen molar-refractivity contribution in [1.29, 1.82) is 0 Å². The summed E-state index contributed by atoms with van der Waals surface area (Å²) in [5, 5.41) is 6.68. The van der Waals surface area contributed by atoms with Gasteiger partial charge in [0.2, 0.25) is 5.95 Å². The second-order valence-electron chi connectivity index (χ2n) is 6.15. The average molecular weight is 347 g/mol. The standard InChI is InChI=1S/C19H21N7/c20-17-6-3-15(13-23-17)14-1-4-16(5-2-14)24-18-7-8-22-19(25-18)26-11-9-21-10-12-26/h1-8,13,21H,9-12H2,(H2,20,23)(H,22,24,25). The molecule has 0 radical (unpaired) electrons. The number of benzene rings is 1. The van der Waals surface area contributed by atoms with E-state index in [9.17, 15) is 0 Å². The lowest BCUT2D eigenvalue weighted by atomic mass is 10.1. The second-order valence-corrected chi connectivity index (χ2v) is 6.15. The van der Waals surface area contributed by atoms with Crippen LogP contribution in [-0.2, 0) is 0 Å². The van der Waals surface area contributed by atoms with E-state index in [2.05, 4.69) is 30.5 Å². The van der Waals surface area contributed by atoms with Gasteiger partial charge in [-0.25, -0.2) is 9.97 Å². The molecule has 0 saturated carbocycles. The topological polar surface area (TPSA) is 92.0 Å². The summed E-state index contributed by atoms with van der Waals surface area (Å²) in [7, 11) is 0. The maximum Gasteiger partial charge on any atom is 0.227 e. The Kier molecular flexibility index (Phi) is 4.61. The summed E-state index contributed by atoms with van der Waals surface area (Å²) in [6.45, 7) is 3.77. The summed E-state index contributed by atoms with van der Waals surface area (Å²) in [4.78, 5) is 15.4. The predicted molar refractivity (Wildman–Crippen MR) is 104 cm³/mol. The van der Waals surface area contributed by atoms with Crippen LogP contribution in [0.2, 0.25) is 0 Å². The lowest BCUT2D eigenvalue weighted by Gasteiger charge is -2.27. The monoisotopic (exact) mass is 347 g/mol. The summed E-state index contributed by atoms with van der Waals surface area (Å²) in [5.41, 5.74) is 8.74. The Bertz CT molecular complexity index is 856. The molecule has 1 aliphatic heterocycles. The van der Waals surface area contributed by atoms with Crippen molar-refractivity contribution in [1.82, 2.24) is 20.3 Å². The molecule has 1 aromatic carbocycles. The number of nitrogens with zero attached hydrogens (tertiary/aromatic N) is 4. The van der Waals surface area contributed by atoms with Crippen LogP contribution in [0.25, 0.3) is 11.1 Å². The molecule has 132 valence electrons. The van der Waals surface area contributed by atoms with Crippen molar-refractivity contribution in [2.45, 2.75) is 0 Å². The van der Waals surface area contributed by atoms with E-state index in [1.807, 2.05) is 36.4 Å². The van der Waals surface area contributed by atoms with Crippen LogP contribution in [0.3, 0.4) is 0 Å². The molecule has 1 saturated heterocycles. The Hall–Kier alpha value is -3.19. The number of hydrogen-bond donors (Lipinski definition) is 3. The van der Waals surface area contributed by atoms with Crippen LogP contribution in [0.4, 0.5) is 23.3 Å². The maximum absolute atomic E-state index is 5.64. The molecule has 0 amide bonds. The molecule has 26 heavy (non-hydrogen) atoms. The summed E-state index contributed by atoms with van der Waals surface area (Å²) in [6.07, 6.45) is 3.57. The zero-order chi connectivity index (χ0) is 17.8. The van der Waals surface area contributed by atoms with E-state index in [0.29, 0.717) is 5.82 Å². The van der Waals surface area contributed by atoms with Gasteiger partial charge >= 0.3 is 0 Å². The van der Waals surface area contributed by atoms with Gasteiger partial charge in [-0.1, -0.05) is 12.1 Å². The van der Waals surface area contributed by atoms with Crippen molar-refractivity contribution in [3.8, 4) is 11.1 Å². The van der Waals surface area contributed by atoms with Gasteiger partial charge in [-0.05, 0) is 35.9 Å². The summed E-state index contributed by atoms with van der Waals surface area (Å²) in [6, 6.07) is 13.8. The number of aromatic nitrogens is 3. The van der Waals surface area contributed by atoms with Crippen LogP contribution in [0.5, 0.6) is 0 Å². The third-order valence-corrected chi connectivity index (χ3v) is 4.32. The molecule has 1 aliphatic rings. The van der Waals surface area contributed by atoms with Gasteiger partial charge in [0.1, 0.15) is 11.6 Å². The zero-order valence-corrected chi connectivity index (χ0v) is 14.4. The summed E-state index contributed by atoms with van der Waals surface area (Å²) in [5.74, 6) is 2.08. The van der Waals surface area contributed by atoms with Gasteiger partial charge in [0.15, 0.2) is 0 Å². The van der Waals surface area contributed by atoms with Crippen LogP contribution in [0, 0.1) is 0 Å². The van der Waals surface area contributed by atoms with Crippen LogP contribution >= 0.6 is 0 Å². The van der Waals surface area contributed by atoms with Crippen molar-refractivity contribution < 1.29 is 0 Å². The number of anilines is 4. The van der Waals surface area contributed by atoms with Gasteiger partial charge in [0.25, 0.3) is 0 Å². The molecule has 2 aromatic heterocycles. The number of nitrogens with two attached hydrogens (primary N) is 1. The highest BCUT2D eigenvalue weighted by molar-refractivity contribution is 5.67. The highest BCUT2D eigenvalue weighted by Crippen LogP contribution is 2.23. The predicted octanol–water partition coefficient (Wildman–Crippen LogP) is 2.27. The first-order valence-corrected chi connectivity index (χ1v) is 8.66. The Morgan fingerprint density at radius 2 is 1.69 bits per heavy atom. The number of pyridine rings is 1. The average Bonchev–Trinajstić information content (AvgIpc) is 2.70. The zero-order valence-electron chi connectivity index (χ0n) is 14.4. The molecular formula is C19H21N7. The highest BCUT2D eigenvalue weighted by Gasteiger charge is 2.13. The SMILES string of the molecule is Nc1ccc(-c2ccc(Nc3ccnc(N4CCNCC4)n3)cc2)cn1. The molecule has 3 heterocycles. The number of nitrogen functional groups attached to an aromatic ring is 1. The Morgan fingerprint density at radius 1 is 0.923 bits per heavy atom. The largest absolute Gasteiger partial charge is 0.384 e. The van der Waals surface area contributed by atoms with E-state index < -0.39 is 0 Å². The fraction of sp³-hybridized carbons (Fsp3) is 0.211. The number of rotatable bonds is 4. The van der Waals surface area contributed by atoms with Gasteiger partial charge in [0, 0.05) is 49.8 Å². The van der Waals surface area contributed by atoms with E-state index >= 15 is 0 Å². The van der Waals surface area contributed by atoms with Crippen LogP contribution < -0.4 is 21.3 Å². The van der Waals surface area contributed by atoms with Gasteiger partial charge in [-0.15, -0.1) is 0 Å². The van der Waals surface area contributed by atoms with Crippen LogP contribution in [-0.4, -0.2) is 41.1 Å². The second kappa shape index (κ2) is 7.37. The minimum absolute atomic E-state index is 0.524. The van der Waals surface area contributed by atoms with Crippen molar-refractivity contribution in [3.63, 3.8) is 0 Å². The first-order chi connectivity index (χ1) is 12.8. The summed E-state index contributed by atoms with van der Waals surface area (Å²) >= 11 is 0. The van der Waals surface area contributed by atoms with Crippen molar-refractivity contribution in [3.05, 3.63) is 54.9 Å². The Morgan fingerprint density at radius 3 is 2.42 bits per heavy atom. The molecule has 7 nitrogen and oxygen atoms in total. The van der Waals surface area contributed by atoms with Gasteiger partial charge in [0.05, 0.1) is 0 Å². The molecule has 4 rings (SSSR count). The van der Waals surface area contributed by atoms with E-state index in [4.69, 9.17) is 5.73 Å².